The molecule has 2 aromatic carbocycles. The molecule has 2 aliphatic heterocycles. The van der Waals surface area contributed by atoms with Gasteiger partial charge in [0.2, 0.25) is 0 Å². The van der Waals surface area contributed by atoms with E-state index in [4.69, 9.17) is 35.5 Å². The second kappa shape index (κ2) is 15.7. The van der Waals surface area contributed by atoms with Crippen LogP contribution < -0.4 is 9.80 Å². The third-order valence-electron chi connectivity index (χ3n) is 10.8. The van der Waals surface area contributed by atoms with Gasteiger partial charge in [0.1, 0.15) is 0 Å². The van der Waals surface area contributed by atoms with Crippen LogP contribution in [0.25, 0.3) is 0 Å². The lowest BCUT2D eigenvalue weighted by Gasteiger charge is -2.38. The maximum Gasteiger partial charge on any atom is 0.303 e. The average Bonchev–Trinajstić information content (AvgIpc) is 3.41. The van der Waals surface area contributed by atoms with Crippen LogP contribution in [0.1, 0.15) is 90.2 Å². The minimum atomic E-state index is -4.45. The number of hydrogen-bond donors (Lipinski definition) is 6. The van der Waals surface area contributed by atoms with Gasteiger partial charge in [-0.25, -0.2) is 0 Å². The molecule has 0 fully saturated rings. The van der Waals surface area contributed by atoms with Gasteiger partial charge in [0.15, 0.2) is 0 Å². The lowest BCUT2D eigenvalue weighted by Crippen LogP contribution is -2.34. The summed E-state index contributed by atoms with van der Waals surface area (Å²) in [6.07, 6.45) is 8.07. The molecule has 12 nitrogen and oxygen atoms in total. The van der Waals surface area contributed by atoms with Gasteiger partial charge in [-0.05, 0) is 89.8 Å². The summed E-state index contributed by atoms with van der Waals surface area (Å²) in [5.41, 5.74) is 4.32. The second-order valence-electron chi connectivity index (χ2n) is 15.2. The van der Waals surface area contributed by atoms with Crippen LogP contribution in [0.4, 0.5) is 11.4 Å². The molecule has 4 N–H and O–H groups in total. The average molecular weight is 821 g/mol. The Labute approximate surface area is 328 Å². The molecule has 0 saturated carbocycles. The summed E-state index contributed by atoms with van der Waals surface area (Å²) in [7, 11) is -8.91. The molecule has 0 amide bonds. The molecule has 0 bridgehead atoms. The summed E-state index contributed by atoms with van der Waals surface area (Å²) >= 11 is 10.0. The molecule has 294 valence electrons. The zero-order chi connectivity index (χ0) is 40.0. The molecule has 5 rings (SSSR count). The van der Waals surface area contributed by atoms with Crippen molar-refractivity contribution in [2.75, 3.05) is 22.9 Å². The number of thiol groups is 2. The van der Waals surface area contributed by atoms with Gasteiger partial charge in [0, 0.05) is 70.7 Å². The maximum atomic E-state index is 12.1. The van der Waals surface area contributed by atoms with Crippen LogP contribution in [-0.2, 0) is 40.7 Å². The first-order valence-corrected chi connectivity index (χ1v) is 21.7. The van der Waals surface area contributed by atoms with Crippen LogP contribution in [0.3, 0.4) is 0 Å². The maximum absolute atomic E-state index is 12.1. The van der Waals surface area contributed by atoms with E-state index in [1.165, 1.54) is 24.3 Å². The highest BCUT2D eigenvalue weighted by Gasteiger charge is 2.45. The van der Waals surface area contributed by atoms with Gasteiger partial charge in [0.05, 0.1) is 9.79 Å². The number of carboxylic acids is 2. The highest BCUT2D eigenvalue weighted by Crippen LogP contribution is 2.54. The SMILES string of the molecule is CC1(C)C(=CC2=C(S)C(C=C3N(CCCCCC(=O)O)c4ccc(S(=O)(=O)O)cc4C3(C)C)C2S)N(CCCCCC(=O)O)c2ccc(S(=O)(=O)O)cc21. The van der Waals surface area contributed by atoms with Crippen LogP contribution in [0, 0.1) is 5.92 Å². The predicted molar refractivity (Wildman–Crippen MR) is 214 cm³/mol. The monoisotopic (exact) mass is 820 g/mol. The van der Waals surface area contributed by atoms with Gasteiger partial charge in [-0.1, -0.05) is 46.6 Å². The van der Waals surface area contributed by atoms with E-state index in [1.807, 2.05) is 33.8 Å². The second-order valence-corrected chi connectivity index (χ2v) is 19.0. The Morgan fingerprint density at radius 1 is 0.722 bits per heavy atom. The smallest absolute Gasteiger partial charge is 0.303 e. The number of allylic oxidation sites excluding steroid dienone is 5. The Bertz CT molecular complexity index is 2160. The molecule has 16 heteroatoms. The van der Waals surface area contributed by atoms with Crippen molar-refractivity contribution >= 4 is 68.8 Å². The number of fused-ring (bicyclic) bond motifs is 2. The predicted octanol–water partition coefficient (Wildman–Crippen LogP) is 7.25. The van der Waals surface area contributed by atoms with Crippen molar-refractivity contribution in [2.45, 2.75) is 105 Å². The number of carboxylic acid groups (broad SMARTS) is 2. The van der Waals surface area contributed by atoms with E-state index in [2.05, 4.69) is 15.9 Å². The van der Waals surface area contributed by atoms with E-state index in [0.717, 1.165) is 44.4 Å². The minimum Gasteiger partial charge on any atom is -0.481 e. The van der Waals surface area contributed by atoms with E-state index >= 15 is 0 Å². The molecule has 2 atom stereocenters. The lowest BCUT2D eigenvalue weighted by molar-refractivity contribution is -0.138. The van der Waals surface area contributed by atoms with E-state index in [1.54, 1.807) is 12.1 Å². The molecule has 3 aliphatic rings. The molecular weight excluding hydrogens is 773 g/mol. The van der Waals surface area contributed by atoms with E-state index in [9.17, 15) is 35.5 Å². The third kappa shape index (κ3) is 8.43. The fraction of sp³-hybridized carbons (Fsp3) is 0.474. The molecule has 2 unspecified atom stereocenters. The Hall–Kier alpha value is -3.28. The molecule has 54 heavy (non-hydrogen) atoms. The van der Waals surface area contributed by atoms with Crippen molar-refractivity contribution < 1.29 is 45.7 Å². The van der Waals surface area contributed by atoms with Crippen LogP contribution in [-0.4, -0.2) is 66.4 Å². The van der Waals surface area contributed by atoms with Crippen molar-refractivity contribution in [2.24, 2.45) is 5.92 Å². The first-order chi connectivity index (χ1) is 25.1. The number of hydrogen-bond acceptors (Lipinski definition) is 10. The standard InChI is InChI=1S/C38H48N2O10S4/c1-37(2)27-19-23(53(45,46)47)13-15-29(27)39(17-9-5-7-11-33(41)42)31(37)21-25-35(51)26(36(25)52)22-32-38(3,4)28-20-24(54(48,49)50)14-16-30(28)40(32)18-10-6-8-12-34(43)44/h13-16,19-22,25,35,51-52H,5-12,17-18H2,1-4H3,(H,41,42)(H,43,44)(H,45,46,47)(H,48,49,50). The quantitative estimate of drug-likeness (QED) is 0.0567. The van der Waals surface area contributed by atoms with Crippen molar-refractivity contribution in [3.05, 3.63) is 81.5 Å². The molecule has 0 spiro atoms. The van der Waals surface area contributed by atoms with Gasteiger partial charge in [0.25, 0.3) is 20.2 Å². The van der Waals surface area contributed by atoms with Gasteiger partial charge in [-0.3, -0.25) is 18.7 Å². The lowest BCUT2D eigenvalue weighted by atomic mass is 9.77. The molecule has 0 aromatic heterocycles. The zero-order valence-electron chi connectivity index (χ0n) is 30.7. The molecular formula is C38H48N2O10S4. The fourth-order valence-electron chi connectivity index (χ4n) is 7.76. The molecule has 2 heterocycles. The summed E-state index contributed by atoms with van der Waals surface area (Å²) in [6.45, 7) is 9.04. The van der Waals surface area contributed by atoms with Crippen molar-refractivity contribution in [3.63, 3.8) is 0 Å². The van der Waals surface area contributed by atoms with Crippen LogP contribution in [0.5, 0.6) is 0 Å². The molecule has 0 radical (unpaired) electrons. The highest BCUT2D eigenvalue weighted by atomic mass is 32.2. The Morgan fingerprint density at radius 2 is 1.15 bits per heavy atom. The van der Waals surface area contributed by atoms with Gasteiger partial charge in [-0.15, -0.1) is 12.6 Å². The number of unbranched alkanes of at least 4 members (excludes halogenated alkanes) is 4. The Balaban J connectivity index is 1.52. The number of benzene rings is 2. The van der Waals surface area contributed by atoms with Crippen molar-refractivity contribution in [3.8, 4) is 0 Å². The summed E-state index contributed by atoms with van der Waals surface area (Å²) < 4.78 is 68.1. The Kier molecular flexibility index (Phi) is 12.2. The largest absolute Gasteiger partial charge is 0.481 e. The summed E-state index contributed by atoms with van der Waals surface area (Å²) in [5, 5.41) is 17.9. The number of rotatable bonds is 16. The summed E-state index contributed by atoms with van der Waals surface area (Å²) in [5.74, 6) is -1.93. The van der Waals surface area contributed by atoms with Gasteiger partial charge in [-0.2, -0.15) is 29.5 Å². The normalized spacial score (nSPS) is 21.8. The van der Waals surface area contributed by atoms with Crippen molar-refractivity contribution in [1.82, 2.24) is 0 Å². The van der Waals surface area contributed by atoms with Crippen molar-refractivity contribution in [1.29, 1.82) is 0 Å². The zero-order valence-corrected chi connectivity index (χ0v) is 34.1. The van der Waals surface area contributed by atoms with Crippen LogP contribution in [0.2, 0.25) is 0 Å². The number of carbonyl (C=O) groups is 2. The fourth-order valence-corrected chi connectivity index (χ4v) is 9.86. The number of nitrogens with zero attached hydrogens (tertiary/aromatic N) is 2. The number of aliphatic carboxylic acids is 2. The summed E-state index contributed by atoms with van der Waals surface area (Å²) in [6, 6.07) is 9.12. The first kappa shape index (κ1) is 41.9. The first-order valence-electron chi connectivity index (χ1n) is 17.8. The van der Waals surface area contributed by atoms with Gasteiger partial charge >= 0.3 is 11.9 Å². The summed E-state index contributed by atoms with van der Waals surface area (Å²) in [4.78, 5) is 26.8. The minimum absolute atomic E-state index is 0.0718. The Morgan fingerprint density at radius 3 is 1.56 bits per heavy atom. The third-order valence-corrected chi connectivity index (χ3v) is 13.6. The van der Waals surface area contributed by atoms with E-state index in [-0.39, 0.29) is 33.8 Å². The van der Waals surface area contributed by atoms with E-state index < -0.39 is 43.0 Å². The molecule has 0 saturated heterocycles. The van der Waals surface area contributed by atoms with E-state index in [0.29, 0.717) is 51.6 Å². The molecule has 2 aromatic rings. The van der Waals surface area contributed by atoms with Crippen LogP contribution in [0.15, 0.2) is 80.2 Å². The van der Waals surface area contributed by atoms with Gasteiger partial charge < -0.3 is 20.0 Å². The highest BCUT2D eigenvalue weighted by molar-refractivity contribution is 7.86. The topological polar surface area (TPSA) is 190 Å². The number of anilines is 2. The molecule has 1 aliphatic carbocycles. The van der Waals surface area contributed by atoms with Crippen LogP contribution >= 0.6 is 25.3 Å².